The fourth-order valence-corrected chi connectivity index (χ4v) is 2.19. The molecule has 0 spiro atoms. The lowest BCUT2D eigenvalue weighted by molar-refractivity contribution is 0.108. The van der Waals surface area contributed by atoms with Crippen molar-refractivity contribution in [2.75, 3.05) is 0 Å². The Morgan fingerprint density at radius 1 is 1.44 bits per heavy atom. The zero-order chi connectivity index (χ0) is 12.7. The molecule has 1 heterocycles. The Hall–Kier alpha value is -1.61. The monoisotopic (exact) mass is 260 g/mol. The summed E-state index contributed by atoms with van der Waals surface area (Å²) in [6, 6.07) is 5.46. The average Bonchev–Trinajstić information content (AvgIpc) is 3.08. The molecule has 1 fully saturated rings. The SMILES string of the molecule is Cc1ccc(C(=O)Cl)cc1-n1cnc(C2CC2)c1. The number of carbonyl (C=O) groups excluding carboxylic acids is 1. The van der Waals surface area contributed by atoms with Gasteiger partial charge in [0.05, 0.1) is 17.7 Å². The summed E-state index contributed by atoms with van der Waals surface area (Å²) in [5.74, 6) is 0.629. The molecule has 0 saturated heterocycles. The van der Waals surface area contributed by atoms with Crippen molar-refractivity contribution in [2.24, 2.45) is 0 Å². The first-order valence-electron chi connectivity index (χ1n) is 6.00. The minimum atomic E-state index is -0.432. The second kappa shape index (κ2) is 4.25. The molecule has 0 atom stereocenters. The van der Waals surface area contributed by atoms with Gasteiger partial charge in [0.2, 0.25) is 0 Å². The molecule has 0 amide bonds. The molecule has 92 valence electrons. The zero-order valence-electron chi connectivity index (χ0n) is 10.1. The van der Waals surface area contributed by atoms with Gasteiger partial charge in [0, 0.05) is 17.7 Å². The molecule has 0 unspecified atom stereocenters. The molecule has 0 aliphatic heterocycles. The molecule has 1 aromatic carbocycles. The Labute approximate surface area is 110 Å². The highest BCUT2D eigenvalue weighted by Gasteiger charge is 2.25. The highest BCUT2D eigenvalue weighted by molar-refractivity contribution is 6.67. The molecular weight excluding hydrogens is 248 g/mol. The summed E-state index contributed by atoms with van der Waals surface area (Å²) in [6.45, 7) is 2.01. The van der Waals surface area contributed by atoms with Crippen LogP contribution in [0.4, 0.5) is 0 Å². The van der Waals surface area contributed by atoms with Crippen LogP contribution in [-0.2, 0) is 0 Å². The van der Waals surface area contributed by atoms with Crippen molar-refractivity contribution in [3.8, 4) is 5.69 Å². The van der Waals surface area contributed by atoms with Crippen molar-refractivity contribution in [1.82, 2.24) is 9.55 Å². The van der Waals surface area contributed by atoms with E-state index in [2.05, 4.69) is 4.98 Å². The Morgan fingerprint density at radius 3 is 2.89 bits per heavy atom. The van der Waals surface area contributed by atoms with Crippen LogP contribution in [0.3, 0.4) is 0 Å². The van der Waals surface area contributed by atoms with E-state index in [1.54, 1.807) is 12.4 Å². The number of hydrogen-bond acceptors (Lipinski definition) is 2. The number of aromatic nitrogens is 2. The number of nitrogens with zero attached hydrogens (tertiary/aromatic N) is 2. The first kappa shape index (κ1) is 11.5. The van der Waals surface area contributed by atoms with Crippen LogP contribution in [0.2, 0.25) is 0 Å². The predicted molar refractivity (Wildman–Crippen MR) is 70.5 cm³/mol. The number of carbonyl (C=O) groups is 1. The van der Waals surface area contributed by atoms with E-state index >= 15 is 0 Å². The molecule has 1 aliphatic carbocycles. The van der Waals surface area contributed by atoms with Crippen LogP contribution in [0, 0.1) is 6.92 Å². The standard InChI is InChI=1S/C14H13ClN2O/c1-9-2-3-11(14(15)18)6-13(9)17-7-12(16-8-17)10-4-5-10/h2-3,6-8,10H,4-5H2,1H3. The number of imidazole rings is 1. The van der Waals surface area contributed by atoms with Crippen LogP contribution < -0.4 is 0 Å². The van der Waals surface area contributed by atoms with Crippen LogP contribution in [-0.4, -0.2) is 14.8 Å². The molecule has 1 aromatic heterocycles. The van der Waals surface area contributed by atoms with Gasteiger partial charge in [-0.05, 0) is 49.1 Å². The molecule has 1 aliphatic rings. The number of aryl methyl sites for hydroxylation is 1. The summed E-state index contributed by atoms with van der Waals surface area (Å²) >= 11 is 5.52. The van der Waals surface area contributed by atoms with Gasteiger partial charge in [-0.2, -0.15) is 0 Å². The molecule has 1 saturated carbocycles. The minimum absolute atomic E-state index is 0.432. The smallest absolute Gasteiger partial charge is 0.252 e. The van der Waals surface area contributed by atoms with Crippen LogP contribution in [0.15, 0.2) is 30.7 Å². The maximum Gasteiger partial charge on any atom is 0.252 e. The van der Waals surface area contributed by atoms with E-state index in [1.807, 2.05) is 29.8 Å². The van der Waals surface area contributed by atoms with Gasteiger partial charge >= 0.3 is 0 Å². The Balaban J connectivity index is 2.03. The highest BCUT2D eigenvalue weighted by atomic mass is 35.5. The van der Waals surface area contributed by atoms with Crippen molar-refractivity contribution < 1.29 is 4.79 Å². The van der Waals surface area contributed by atoms with Gasteiger partial charge in [0.15, 0.2) is 0 Å². The highest BCUT2D eigenvalue weighted by Crippen LogP contribution is 2.39. The number of halogens is 1. The van der Waals surface area contributed by atoms with Gasteiger partial charge in [-0.15, -0.1) is 0 Å². The normalized spacial score (nSPS) is 14.8. The maximum absolute atomic E-state index is 11.2. The van der Waals surface area contributed by atoms with E-state index in [4.69, 9.17) is 11.6 Å². The van der Waals surface area contributed by atoms with E-state index in [1.165, 1.54) is 12.8 Å². The van der Waals surface area contributed by atoms with Gasteiger partial charge in [0.25, 0.3) is 5.24 Å². The maximum atomic E-state index is 11.2. The van der Waals surface area contributed by atoms with E-state index in [-0.39, 0.29) is 0 Å². The van der Waals surface area contributed by atoms with Crippen LogP contribution in [0.25, 0.3) is 5.69 Å². The largest absolute Gasteiger partial charge is 0.306 e. The number of rotatable bonds is 3. The summed E-state index contributed by atoms with van der Waals surface area (Å²) in [7, 11) is 0. The fraction of sp³-hybridized carbons (Fsp3) is 0.286. The van der Waals surface area contributed by atoms with Gasteiger partial charge in [-0.1, -0.05) is 6.07 Å². The molecule has 3 rings (SSSR count). The molecule has 0 radical (unpaired) electrons. The first-order valence-corrected chi connectivity index (χ1v) is 6.37. The molecule has 4 heteroatoms. The average molecular weight is 261 g/mol. The zero-order valence-corrected chi connectivity index (χ0v) is 10.8. The van der Waals surface area contributed by atoms with Crippen molar-refractivity contribution in [3.63, 3.8) is 0 Å². The third kappa shape index (κ3) is 2.06. The van der Waals surface area contributed by atoms with E-state index in [9.17, 15) is 4.79 Å². The van der Waals surface area contributed by atoms with E-state index in [0.717, 1.165) is 16.9 Å². The summed E-state index contributed by atoms with van der Waals surface area (Å²) in [5.41, 5.74) is 3.70. The molecule has 18 heavy (non-hydrogen) atoms. The molecule has 0 bridgehead atoms. The van der Waals surface area contributed by atoms with E-state index in [0.29, 0.717) is 11.5 Å². The van der Waals surface area contributed by atoms with Crippen molar-refractivity contribution >= 4 is 16.8 Å². The first-order chi connectivity index (χ1) is 8.65. The van der Waals surface area contributed by atoms with E-state index < -0.39 is 5.24 Å². The lowest BCUT2D eigenvalue weighted by atomic mass is 10.1. The van der Waals surface area contributed by atoms with Crippen LogP contribution in [0.5, 0.6) is 0 Å². The molecule has 3 nitrogen and oxygen atoms in total. The predicted octanol–water partition coefficient (Wildman–Crippen LogP) is 3.44. The lowest BCUT2D eigenvalue weighted by Crippen LogP contribution is -1.97. The van der Waals surface area contributed by atoms with Crippen molar-refractivity contribution in [3.05, 3.63) is 47.5 Å². The number of benzene rings is 1. The molecular formula is C14H13ClN2O. The lowest BCUT2D eigenvalue weighted by Gasteiger charge is -2.07. The van der Waals surface area contributed by atoms with Crippen molar-refractivity contribution in [2.45, 2.75) is 25.7 Å². The van der Waals surface area contributed by atoms with Crippen LogP contribution >= 0.6 is 11.6 Å². The number of hydrogen-bond donors (Lipinski definition) is 0. The van der Waals surface area contributed by atoms with Gasteiger partial charge in [0.1, 0.15) is 0 Å². The third-order valence-electron chi connectivity index (χ3n) is 3.31. The van der Waals surface area contributed by atoms with Crippen LogP contribution in [0.1, 0.15) is 40.4 Å². The topological polar surface area (TPSA) is 34.9 Å². The molecule has 2 aromatic rings. The summed E-state index contributed by atoms with van der Waals surface area (Å²) in [4.78, 5) is 15.6. The Bertz CT molecular complexity index is 614. The second-order valence-electron chi connectivity index (χ2n) is 4.76. The minimum Gasteiger partial charge on any atom is -0.306 e. The fourth-order valence-electron chi connectivity index (χ4n) is 2.07. The summed E-state index contributed by atoms with van der Waals surface area (Å²) < 4.78 is 1.96. The molecule has 0 N–H and O–H groups in total. The Morgan fingerprint density at radius 2 is 2.22 bits per heavy atom. The third-order valence-corrected chi connectivity index (χ3v) is 3.53. The Kier molecular flexibility index (Phi) is 2.71. The van der Waals surface area contributed by atoms with Gasteiger partial charge < -0.3 is 4.57 Å². The quantitative estimate of drug-likeness (QED) is 0.793. The second-order valence-corrected chi connectivity index (χ2v) is 5.10. The summed E-state index contributed by atoms with van der Waals surface area (Å²) in [6.07, 6.45) is 6.31. The van der Waals surface area contributed by atoms with Crippen molar-refractivity contribution in [1.29, 1.82) is 0 Å². The van der Waals surface area contributed by atoms with Gasteiger partial charge in [-0.25, -0.2) is 4.98 Å². The summed E-state index contributed by atoms with van der Waals surface area (Å²) in [5, 5.41) is -0.432. The van der Waals surface area contributed by atoms with Gasteiger partial charge in [-0.3, -0.25) is 4.79 Å².